The van der Waals surface area contributed by atoms with Crippen LogP contribution in [0.4, 0.5) is 0 Å². The van der Waals surface area contributed by atoms with Crippen LogP contribution in [-0.4, -0.2) is 16.9 Å². The second kappa shape index (κ2) is 7.06. The van der Waals surface area contributed by atoms with E-state index in [4.69, 9.17) is 4.74 Å². The average molecular weight is 289 g/mol. The van der Waals surface area contributed by atoms with Gasteiger partial charge in [-0.2, -0.15) is 0 Å². The van der Waals surface area contributed by atoms with Gasteiger partial charge >= 0.3 is 0 Å². The summed E-state index contributed by atoms with van der Waals surface area (Å²) in [7, 11) is 0. The summed E-state index contributed by atoms with van der Waals surface area (Å²) < 4.78 is 6.19. The number of carbonyl (C=O) groups is 1. The van der Waals surface area contributed by atoms with Gasteiger partial charge in [0.05, 0.1) is 6.20 Å². The lowest BCUT2D eigenvalue weighted by Gasteiger charge is -2.37. The highest BCUT2D eigenvalue weighted by atomic mass is 16.5. The first-order chi connectivity index (χ1) is 10.0. The number of ketones is 1. The highest BCUT2D eigenvalue weighted by molar-refractivity contribution is 5.93. The summed E-state index contributed by atoms with van der Waals surface area (Å²) in [4.78, 5) is 15.8. The second-order valence-corrected chi connectivity index (χ2v) is 6.64. The Morgan fingerprint density at radius 2 is 2.14 bits per heavy atom. The van der Waals surface area contributed by atoms with Crippen molar-refractivity contribution in [2.45, 2.75) is 59.5 Å². The van der Waals surface area contributed by atoms with Crippen molar-refractivity contribution in [1.82, 2.24) is 4.98 Å². The zero-order chi connectivity index (χ0) is 15.4. The van der Waals surface area contributed by atoms with Gasteiger partial charge in [0.25, 0.3) is 0 Å². The molecule has 1 aliphatic carbocycles. The van der Waals surface area contributed by atoms with E-state index < -0.39 is 0 Å². The average Bonchev–Trinajstić information content (AvgIpc) is 2.47. The number of Topliss-reactive ketones (excluding diaryl/α,β-unsaturated/α-hetero) is 1. The minimum absolute atomic E-state index is 0.0768. The van der Waals surface area contributed by atoms with Crippen molar-refractivity contribution in [3.05, 3.63) is 24.0 Å². The van der Waals surface area contributed by atoms with Crippen molar-refractivity contribution < 1.29 is 9.53 Å². The second-order valence-electron chi connectivity index (χ2n) is 6.64. The Bertz CT molecular complexity index is 467. The number of hydrogen-bond donors (Lipinski definition) is 0. The van der Waals surface area contributed by atoms with Crippen molar-refractivity contribution >= 4 is 5.78 Å². The van der Waals surface area contributed by atoms with E-state index in [1.54, 1.807) is 12.3 Å². The van der Waals surface area contributed by atoms with Crippen LogP contribution >= 0.6 is 0 Å². The van der Waals surface area contributed by atoms with Crippen molar-refractivity contribution in [1.29, 1.82) is 0 Å². The van der Waals surface area contributed by atoms with E-state index in [9.17, 15) is 4.79 Å². The molecule has 3 heteroatoms. The van der Waals surface area contributed by atoms with E-state index in [1.165, 1.54) is 12.8 Å². The molecule has 1 saturated carbocycles. The van der Waals surface area contributed by atoms with Gasteiger partial charge < -0.3 is 4.74 Å². The third kappa shape index (κ3) is 4.05. The smallest absolute Gasteiger partial charge is 0.180 e. The molecule has 0 spiro atoms. The molecule has 1 aromatic rings. The van der Waals surface area contributed by atoms with Crippen LogP contribution in [0.5, 0.6) is 5.75 Å². The predicted molar refractivity (Wildman–Crippen MR) is 84.6 cm³/mol. The highest BCUT2D eigenvalue weighted by Gasteiger charge is 2.32. The van der Waals surface area contributed by atoms with Gasteiger partial charge in [0.1, 0.15) is 17.5 Å². The maximum Gasteiger partial charge on any atom is 0.180 e. The number of carbonyl (C=O) groups excluding carboxylic acids is 1. The zero-order valence-corrected chi connectivity index (χ0v) is 13.6. The molecule has 2 rings (SSSR count). The number of rotatable bonds is 5. The van der Waals surface area contributed by atoms with Crippen molar-refractivity contribution in [3.8, 4) is 5.75 Å². The lowest BCUT2D eigenvalue weighted by atomic mass is 9.75. The van der Waals surface area contributed by atoms with E-state index in [2.05, 4.69) is 25.8 Å². The van der Waals surface area contributed by atoms with Crippen LogP contribution in [0.3, 0.4) is 0 Å². The Hall–Kier alpha value is -1.38. The first-order valence-electron chi connectivity index (χ1n) is 8.17. The van der Waals surface area contributed by atoms with Gasteiger partial charge in [0.15, 0.2) is 5.78 Å². The summed E-state index contributed by atoms with van der Waals surface area (Å²) in [6.07, 6.45) is 6.10. The van der Waals surface area contributed by atoms with E-state index in [0.717, 1.165) is 18.1 Å². The molecule has 3 atom stereocenters. The Labute approximate surface area is 128 Å². The minimum Gasteiger partial charge on any atom is -0.489 e. The maximum absolute atomic E-state index is 11.6. The maximum atomic E-state index is 11.6. The van der Waals surface area contributed by atoms with Crippen LogP contribution in [0.1, 0.15) is 63.9 Å². The first kappa shape index (κ1) is 16.0. The van der Waals surface area contributed by atoms with Crippen LogP contribution in [0.25, 0.3) is 0 Å². The van der Waals surface area contributed by atoms with Crippen LogP contribution in [0.2, 0.25) is 0 Å². The molecule has 0 N–H and O–H groups in total. The summed E-state index contributed by atoms with van der Waals surface area (Å²) in [5.74, 6) is 2.83. The number of pyridine rings is 1. The molecule has 0 saturated heterocycles. The first-order valence-corrected chi connectivity index (χ1v) is 8.17. The molecular formula is C18H27NO2. The lowest BCUT2D eigenvalue weighted by Crippen LogP contribution is -2.36. The van der Waals surface area contributed by atoms with E-state index in [0.29, 0.717) is 24.0 Å². The van der Waals surface area contributed by atoms with Gasteiger partial charge in [-0.05, 0) is 42.7 Å². The van der Waals surface area contributed by atoms with Crippen molar-refractivity contribution in [2.75, 3.05) is 0 Å². The van der Waals surface area contributed by atoms with Crippen molar-refractivity contribution in [2.24, 2.45) is 17.8 Å². The number of hydrogen-bond acceptors (Lipinski definition) is 3. The predicted octanol–water partition coefficient (Wildman–Crippen LogP) is 4.51. The highest BCUT2D eigenvalue weighted by Crippen LogP contribution is 2.35. The quantitative estimate of drug-likeness (QED) is 0.748. The summed E-state index contributed by atoms with van der Waals surface area (Å²) in [6.45, 7) is 8.70. The Kier molecular flexibility index (Phi) is 5.38. The Morgan fingerprint density at radius 3 is 2.71 bits per heavy atom. The van der Waals surface area contributed by atoms with Crippen LogP contribution < -0.4 is 4.74 Å². The fourth-order valence-corrected chi connectivity index (χ4v) is 3.22. The molecule has 0 aromatic carbocycles. The lowest BCUT2D eigenvalue weighted by molar-refractivity contribution is 0.0457. The van der Waals surface area contributed by atoms with Gasteiger partial charge in [-0.15, -0.1) is 0 Å². The third-order valence-electron chi connectivity index (χ3n) is 4.59. The zero-order valence-electron chi connectivity index (χ0n) is 13.6. The van der Waals surface area contributed by atoms with E-state index in [1.807, 2.05) is 13.0 Å². The van der Waals surface area contributed by atoms with Gasteiger partial charge in [-0.3, -0.25) is 4.79 Å². The fourth-order valence-electron chi connectivity index (χ4n) is 3.22. The summed E-state index contributed by atoms with van der Waals surface area (Å²) in [6, 6.07) is 3.66. The molecular weight excluding hydrogens is 262 g/mol. The summed E-state index contributed by atoms with van der Waals surface area (Å²) in [5, 5.41) is 0. The summed E-state index contributed by atoms with van der Waals surface area (Å²) >= 11 is 0. The molecule has 3 unspecified atom stereocenters. The third-order valence-corrected chi connectivity index (χ3v) is 4.59. The van der Waals surface area contributed by atoms with Gasteiger partial charge in [0, 0.05) is 6.42 Å². The number of nitrogens with zero attached hydrogens (tertiary/aromatic N) is 1. The normalized spacial score (nSPS) is 25.9. The van der Waals surface area contributed by atoms with Crippen LogP contribution in [0, 0.1) is 17.8 Å². The monoisotopic (exact) mass is 289 g/mol. The molecule has 21 heavy (non-hydrogen) atoms. The Morgan fingerprint density at radius 1 is 1.38 bits per heavy atom. The summed E-state index contributed by atoms with van der Waals surface area (Å²) in [5.41, 5.74) is 0.530. The fraction of sp³-hybridized carbons (Fsp3) is 0.667. The van der Waals surface area contributed by atoms with Gasteiger partial charge in [0.2, 0.25) is 0 Å². The van der Waals surface area contributed by atoms with E-state index >= 15 is 0 Å². The largest absolute Gasteiger partial charge is 0.489 e. The topological polar surface area (TPSA) is 39.2 Å². The molecule has 3 nitrogen and oxygen atoms in total. The van der Waals surface area contributed by atoms with Crippen LogP contribution in [0.15, 0.2) is 18.3 Å². The standard InChI is InChI=1S/C18H27NO2/c1-5-17(20)16-9-7-14(11-19-16)21-18-10-13(4)6-8-15(18)12(2)3/h7,9,11-13,15,18H,5-6,8,10H2,1-4H3. The molecule has 1 aliphatic rings. The molecule has 0 amide bonds. The van der Waals surface area contributed by atoms with Gasteiger partial charge in [-0.25, -0.2) is 4.98 Å². The van der Waals surface area contributed by atoms with Gasteiger partial charge in [-0.1, -0.05) is 34.1 Å². The van der Waals surface area contributed by atoms with E-state index in [-0.39, 0.29) is 11.9 Å². The van der Waals surface area contributed by atoms with Crippen LogP contribution in [-0.2, 0) is 0 Å². The number of ether oxygens (including phenoxy) is 1. The minimum atomic E-state index is 0.0768. The molecule has 116 valence electrons. The molecule has 1 heterocycles. The Balaban J connectivity index is 2.06. The molecule has 1 fully saturated rings. The SMILES string of the molecule is CCC(=O)c1ccc(OC2CC(C)CCC2C(C)C)cn1. The number of aromatic nitrogens is 1. The molecule has 0 aliphatic heterocycles. The molecule has 1 aromatic heterocycles. The molecule has 0 radical (unpaired) electrons. The molecule has 0 bridgehead atoms. The van der Waals surface area contributed by atoms with Crippen molar-refractivity contribution in [3.63, 3.8) is 0 Å².